The molecule has 0 spiro atoms. The molecule has 0 amide bonds. The molecule has 0 saturated heterocycles. The van der Waals surface area contributed by atoms with Crippen LogP contribution in [0.25, 0.3) is 16.7 Å². The number of halogens is 2. The van der Waals surface area contributed by atoms with Crippen LogP contribution in [0.4, 0.5) is 0 Å². The first-order chi connectivity index (χ1) is 15.9. The average Bonchev–Trinajstić information content (AvgIpc) is 3.69. The van der Waals surface area contributed by atoms with Crippen molar-refractivity contribution in [2.75, 3.05) is 0 Å². The topological polar surface area (TPSA) is 39.4 Å². The molecule has 3 aliphatic rings. The van der Waals surface area contributed by atoms with Crippen LogP contribution in [0.5, 0.6) is 0 Å². The molecule has 0 bridgehead atoms. The third kappa shape index (κ3) is 9.10. The SMILES string of the molecule is [C-]1=C(c2ccco2)C=CC1.[C-]1=C(c2ccco2)C=CC1.[C-]1=C(c2ccco2)C=CC1.[CH2]=[Zr+2].[Cl-].[Cl-]. The second kappa shape index (κ2) is 17.1. The summed E-state index contributed by atoms with van der Waals surface area (Å²) in [6, 6.07) is 11.5. The van der Waals surface area contributed by atoms with Gasteiger partial charge in [-0.2, -0.15) is 53.2 Å². The van der Waals surface area contributed by atoms with Crippen LogP contribution in [0.1, 0.15) is 36.5 Å². The van der Waals surface area contributed by atoms with Gasteiger partial charge in [-0.3, -0.25) is 0 Å². The summed E-state index contributed by atoms with van der Waals surface area (Å²) in [4.78, 5) is 0. The van der Waals surface area contributed by atoms with Gasteiger partial charge in [0, 0.05) is 17.3 Å². The molecular formula is C28H23Cl2O3Zr-3. The van der Waals surface area contributed by atoms with Crippen molar-refractivity contribution in [2.45, 2.75) is 19.3 Å². The summed E-state index contributed by atoms with van der Waals surface area (Å²) in [6.45, 7) is 0. The Morgan fingerprint density at radius 2 is 0.853 bits per heavy atom. The van der Waals surface area contributed by atoms with Crippen molar-refractivity contribution in [3.8, 4) is 0 Å². The summed E-state index contributed by atoms with van der Waals surface area (Å²) in [7, 11) is 0. The number of furan rings is 3. The number of allylic oxidation sites excluding steroid dienone is 12. The predicted octanol–water partition coefficient (Wildman–Crippen LogP) is 1.25. The van der Waals surface area contributed by atoms with E-state index >= 15 is 0 Å². The van der Waals surface area contributed by atoms with Gasteiger partial charge in [-0.05, 0) is 18.2 Å². The summed E-state index contributed by atoms with van der Waals surface area (Å²) in [6.07, 6.45) is 29.6. The Kier molecular flexibility index (Phi) is 14.9. The van der Waals surface area contributed by atoms with Crippen LogP contribution in [0.3, 0.4) is 0 Å². The van der Waals surface area contributed by atoms with Crippen molar-refractivity contribution in [3.05, 3.63) is 127 Å². The maximum absolute atomic E-state index is 5.17. The molecule has 3 heterocycles. The standard InChI is InChI=1S/3C9H7O.CH2.2ClH.Zr/c3*1-2-5-8(4-1)9-6-3-7-10-9;;;;/h3*1,3-4,6-7H,2H2;1H2;2*1H;/q3*-1;;;;+2/p-2. The maximum atomic E-state index is 5.17. The first-order valence-corrected chi connectivity index (χ1v) is 11.9. The monoisotopic (exact) mass is 567 g/mol. The van der Waals surface area contributed by atoms with Crippen molar-refractivity contribution in [1.29, 1.82) is 0 Å². The quantitative estimate of drug-likeness (QED) is 0.446. The molecule has 34 heavy (non-hydrogen) atoms. The molecule has 3 aromatic heterocycles. The van der Waals surface area contributed by atoms with E-state index in [1.165, 1.54) is 24.2 Å². The van der Waals surface area contributed by atoms with Crippen molar-refractivity contribution in [3.63, 3.8) is 0 Å². The predicted molar refractivity (Wildman–Crippen MR) is 124 cm³/mol. The Labute approximate surface area is 228 Å². The number of hydrogen-bond donors (Lipinski definition) is 0. The minimum absolute atomic E-state index is 0. The van der Waals surface area contributed by atoms with Gasteiger partial charge in [0.2, 0.25) is 0 Å². The molecule has 0 N–H and O–H groups in total. The second-order valence-electron chi connectivity index (χ2n) is 6.52. The Hall–Kier alpha value is -2.39. The van der Waals surface area contributed by atoms with Gasteiger partial charge in [0.15, 0.2) is 0 Å². The van der Waals surface area contributed by atoms with E-state index in [9.17, 15) is 0 Å². The first kappa shape index (κ1) is 29.6. The van der Waals surface area contributed by atoms with Crippen LogP contribution in [0.15, 0.2) is 105 Å². The van der Waals surface area contributed by atoms with Crippen molar-refractivity contribution in [2.24, 2.45) is 0 Å². The van der Waals surface area contributed by atoms with Gasteiger partial charge >= 0.3 is 28.4 Å². The summed E-state index contributed by atoms with van der Waals surface area (Å²) in [5, 5.41) is 0. The molecule has 0 atom stereocenters. The van der Waals surface area contributed by atoms with Crippen LogP contribution < -0.4 is 24.8 Å². The van der Waals surface area contributed by atoms with Gasteiger partial charge in [0.05, 0.1) is 18.8 Å². The molecule has 174 valence electrons. The summed E-state index contributed by atoms with van der Waals surface area (Å²) < 4.78 is 18.8. The second-order valence-corrected chi connectivity index (χ2v) is 6.52. The van der Waals surface area contributed by atoms with E-state index in [1.807, 2.05) is 54.6 Å². The minimum Gasteiger partial charge on any atom is -1.00 e. The maximum Gasteiger partial charge on any atom is -1.00 e. The van der Waals surface area contributed by atoms with Crippen molar-refractivity contribution < 1.29 is 62.3 Å². The molecular weight excluding hydrogens is 546 g/mol. The number of rotatable bonds is 3. The number of hydrogen-bond acceptors (Lipinski definition) is 3. The molecule has 0 aromatic carbocycles. The summed E-state index contributed by atoms with van der Waals surface area (Å²) in [5.41, 5.74) is 3.22. The third-order valence-corrected chi connectivity index (χ3v) is 4.44. The molecule has 0 unspecified atom stereocenters. The smallest absolute Gasteiger partial charge is 1.00 e. The van der Waals surface area contributed by atoms with Gasteiger partial charge in [-0.1, -0.05) is 37.5 Å². The molecule has 3 nitrogen and oxygen atoms in total. The van der Waals surface area contributed by atoms with Crippen LogP contribution in [0, 0.1) is 18.2 Å². The van der Waals surface area contributed by atoms with Crippen LogP contribution in [-0.4, -0.2) is 4.21 Å². The molecule has 0 saturated carbocycles. The Balaban J connectivity index is 0.000000239. The Bertz CT molecular complexity index is 971. The molecule has 6 heteroatoms. The van der Waals surface area contributed by atoms with Gasteiger partial charge in [-0.15, -0.1) is 18.2 Å². The summed E-state index contributed by atoms with van der Waals surface area (Å²) in [5.74, 6) is 2.73. The van der Waals surface area contributed by atoms with E-state index in [0.717, 1.165) is 53.3 Å². The summed E-state index contributed by atoms with van der Waals surface area (Å²) >= 11 is 1.30. The zero-order valence-corrected chi connectivity index (χ0v) is 22.4. The average molecular weight is 570 g/mol. The van der Waals surface area contributed by atoms with Gasteiger partial charge < -0.3 is 38.1 Å². The van der Waals surface area contributed by atoms with E-state index in [2.05, 4.69) is 40.7 Å². The largest absolute Gasteiger partial charge is 1.00 e. The van der Waals surface area contributed by atoms with Crippen LogP contribution in [-0.2, 0) is 24.2 Å². The van der Waals surface area contributed by atoms with E-state index in [-0.39, 0.29) is 24.8 Å². The van der Waals surface area contributed by atoms with Crippen LogP contribution in [0.2, 0.25) is 0 Å². The molecule has 3 aliphatic carbocycles. The fraction of sp³-hybridized carbons (Fsp3) is 0.107. The zero-order valence-electron chi connectivity index (χ0n) is 18.5. The molecule has 0 radical (unpaired) electrons. The fourth-order valence-corrected chi connectivity index (χ4v) is 3.02. The fourth-order valence-electron chi connectivity index (χ4n) is 3.02. The van der Waals surface area contributed by atoms with Crippen molar-refractivity contribution >= 4 is 20.9 Å². The van der Waals surface area contributed by atoms with E-state index in [0.29, 0.717) is 0 Å². The van der Waals surface area contributed by atoms with Gasteiger partial charge in [0.1, 0.15) is 0 Å². The molecule has 6 rings (SSSR count). The minimum atomic E-state index is 0. The molecule has 0 aliphatic heterocycles. The normalized spacial score (nSPS) is 14.1. The van der Waals surface area contributed by atoms with E-state index in [1.54, 1.807) is 18.8 Å². The zero-order chi connectivity index (χ0) is 22.4. The molecule has 3 aromatic rings. The van der Waals surface area contributed by atoms with E-state index < -0.39 is 0 Å². The van der Waals surface area contributed by atoms with E-state index in [4.69, 9.17) is 13.3 Å². The first-order valence-electron chi connectivity index (χ1n) is 10.2. The third-order valence-electron chi connectivity index (χ3n) is 4.44. The van der Waals surface area contributed by atoms with Gasteiger partial charge in [-0.25, -0.2) is 0 Å². The molecule has 0 fully saturated rings. The van der Waals surface area contributed by atoms with Crippen molar-refractivity contribution in [1.82, 2.24) is 0 Å². The Morgan fingerprint density at radius 1 is 0.559 bits per heavy atom. The van der Waals surface area contributed by atoms with Crippen LogP contribution >= 0.6 is 0 Å². The van der Waals surface area contributed by atoms with Gasteiger partial charge in [0.25, 0.3) is 0 Å². The Morgan fingerprint density at radius 3 is 1.03 bits per heavy atom.